The van der Waals surface area contributed by atoms with Crippen LogP contribution in [0.15, 0.2) is 53.6 Å². The Labute approximate surface area is 192 Å². The molecule has 8 heteroatoms. The van der Waals surface area contributed by atoms with E-state index in [1.165, 1.54) is 17.7 Å². The molecule has 2 fully saturated rings. The van der Waals surface area contributed by atoms with Gasteiger partial charge in [0.25, 0.3) is 5.91 Å². The van der Waals surface area contributed by atoms with Crippen molar-refractivity contribution in [3.8, 4) is 0 Å². The minimum absolute atomic E-state index is 0.140. The van der Waals surface area contributed by atoms with Crippen LogP contribution in [0.25, 0.3) is 10.4 Å². The summed E-state index contributed by atoms with van der Waals surface area (Å²) in [6.45, 7) is 0.758. The van der Waals surface area contributed by atoms with Crippen molar-refractivity contribution in [1.82, 2.24) is 4.90 Å². The van der Waals surface area contributed by atoms with Crippen molar-refractivity contribution < 1.29 is 18.7 Å². The second kappa shape index (κ2) is 9.51. The van der Waals surface area contributed by atoms with E-state index >= 15 is 0 Å². The fourth-order valence-corrected chi connectivity index (χ4v) is 5.00. The number of azide groups is 1. The van der Waals surface area contributed by atoms with Crippen LogP contribution in [-0.4, -0.2) is 48.3 Å². The molecule has 2 aromatic carbocycles. The highest BCUT2D eigenvalue weighted by atomic mass is 19.1. The van der Waals surface area contributed by atoms with Gasteiger partial charge >= 0.3 is 0 Å². The minimum Gasteiger partial charge on any atom is -0.372 e. The Morgan fingerprint density at radius 3 is 2.70 bits per heavy atom. The van der Waals surface area contributed by atoms with Crippen molar-refractivity contribution in [2.24, 2.45) is 5.11 Å². The number of carbonyl (C=O) groups excluding carboxylic acids is 1. The lowest BCUT2D eigenvalue weighted by atomic mass is 9.87. The van der Waals surface area contributed by atoms with E-state index in [4.69, 9.17) is 15.0 Å². The number of fused-ring (bicyclic) bond motifs is 1. The number of halogens is 1. The van der Waals surface area contributed by atoms with E-state index in [2.05, 4.69) is 16.1 Å². The number of hydrogen-bond acceptors (Lipinski definition) is 4. The Bertz CT molecular complexity index is 1050. The largest absolute Gasteiger partial charge is 0.372 e. The average Bonchev–Trinajstić information content (AvgIpc) is 2.81. The van der Waals surface area contributed by atoms with E-state index in [1.807, 2.05) is 23.1 Å². The fourth-order valence-electron chi connectivity index (χ4n) is 5.00. The van der Waals surface area contributed by atoms with Gasteiger partial charge in [0.2, 0.25) is 0 Å². The maximum atomic E-state index is 13.7. The SMILES string of the molecule is [N-]=[N+]=NC1C[C@H](C(=O)N2CCc3ccccc3[C@@H]2c2ccc(F)cc2)OC[C@@H]1OC1CCC1. The van der Waals surface area contributed by atoms with E-state index in [1.54, 1.807) is 12.1 Å². The summed E-state index contributed by atoms with van der Waals surface area (Å²) >= 11 is 0. The third kappa shape index (κ3) is 4.47. The van der Waals surface area contributed by atoms with E-state index in [9.17, 15) is 9.18 Å². The molecule has 0 radical (unpaired) electrons. The molecule has 1 saturated carbocycles. The van der Waals surface area contributed by atoms with Crippen molar-refractivity contribution in [2.75, 3.05) is 13.2 Å². The number of carbonyl (C=O) groups is 1. The molecule has 7 nitrogen and oxygen atoms in total. The molecular formula is C25H27FN4O3. The van der Waals surface area contributed by atoms with Gasteiger partial charge in [0.15, 0.2) is 0 Å². The maximum Gasteiger partial charge on any atom is 0.252 e. The molecule has 1 aliphatic carbocycles. The second-order valence-electron chi connectivity index (χ2n) is 8.99. The van der Waals surface area contributed by atoms with Crippen LogP contribution in [0.3, 0.4) is 0 Å². The molecule has 1 unspecified atom stereocenters. The lowest BCUT2D eigenvalue weighted by Gasteiger charge is -2.42. The van der Waals surface area contributed by atoms with Crippen molar-refractivity contribution in [3.63, 3.8) is 0 Å². The molecule has 1 saturated heterocycles. The molecule has 1 amide bonds. The molecule has 0 N–H and O–H groups in total. The van der Waals surface area contributed by atoms with Crippen LogP contribution in [-0.2, 0) is 20.7 Å². The monoisotopic (exact) mass is 450 g/mol. The zero-order valence-corrected chi connectivity index (χ0v) is 18.3. The summed E-state index contributed by atoms with van der Waals surface area (Å²) in [5.74, 6) is -0.454. The van der Waals surface area contributed by atoms with Crippen LogP contribution in [0.2, 0.25) is 0 Å². The Morgan fingerprint density at radius 1 is 1.18 bits per heavy atom. The number of ether oxygens (including phenoxy) is 2. The van der Waals surface area contributed by atoms with Crippen molar-refractivity contribution in [3.05, 3.63) is 81.5 Å². The first-order valence-electron chi connectivity index (χ1n) is 11.6. The van der Waals surface area contributed by atoms with Gasteiger partial charge in [-0.05, 0) is 66.5 Å². The van der Waals surface area contributed by atoms with Gasteiger partial charge in [0, 0.05) is 11.5 Å². The summed E-state index contributed by atoms with van der Waals surface area (Å²) in [7, 11) is 0. The number of hydrogen-bond donors (Lipinski definition) is 0. The van der Waals surface area contributed by atoms with Gasteiger partial charge in [-0.3, -0.25) is 4.79 Å². The molecule has 2 aliphatic heterocycles. The van der Waals surface area contributed by atoms with Gasteiger partial charge in [-0.2, -0.15) is 0 Å². The van der Waals surface area contributed by atoms with Gasteiger partial charge < -0.3 is 14.4 Å². The first kappa shape index (κ1) is 21.9. The third-order valence-electron chi connectivity index (χ3n) is 6.99. The fraction of sp³-hybridized carbons (Fsp3) is 0.480. The predicted molar refractivity (Wildman–Crippen MR) is 120 cm³/mol. The van der Waals surface area contributed by atoms with E-state index in [0.717, 1.165) is 36.8 Å². The zero-order chi connectivity index (χ0) is 22.8. The molecule has 4 atom stereocenters. The Balaban J connectivity index is 1.39. The number of benzene rings is 2. The number of amides is 1. The normalized spacial score (nSPS) is 27.2. The molecule has 0 spiro atoms. The summed E-state index contributed by atoms with van der Waals surface area (Å²) in [6.07, 6.45) is 3.33. The maximum absolute atomic E-state index is 13.7. The van der Waals surface area contributed by atoms with Crippen molar-refractivity contribution in [1.29, 1.82) is 0 Å². The Kier molecular flexibility index (Phi) is 6.31. The highest BCUT2D eigenvalue weighted by molar-refractivity contribution is 5.82. The molecule has 3 aliphatic rings. The molecule has 172 valence electrons. The second-order valence-corrected chi connectivity index (χ2v) is 8.99. The van der Waals surface area contributed by atoms with Gasteiger partial charge in [0.1, 0.15) is 11.9 Å². The predicted octanol–water partition coefficient (Wildman–Crippen LogP) is 4.71. The summed E-state index contributed by atoms with van der Waals surface area (Å²) in [5.41, 5.74) is 12.1. The summed E-state index contributed by atoms with van der Waals surface area (Å²) in [6, 6.07) is 13.6. The first-order chi connectivity index (χ1) is 16.1. The summed E-state index contributed by atoms with van der Waals surface area (Å²) in [5, 5.41) is 3.94. The van der Waals surface area contributed by atoms with Crippen molar-refractivity contribution >= 4 is 5.91 Å². The quantitative estimate of drug-likeness (QED) is 0.376. The Morgan fingerprint density at radius 2 is 1.97 bits per heavy atom. The molecule has 2 aromatic rings. The number of rotatable bonds is 5. The molecular weight excluding hydrogens is 423 g/mol. The van der Waals surface area contributed by atoms with Gasteiger partial charge in [0.05, 0.1) is 30.9 Å². The highest BCUT2D eigenvalue weighted by Gasteiger charge is 2.41. The van der Waals surface area contributed by atoms with Crippen LogP contribution in [0.5, 0.6) is 0 Å². The third-order valence-corrected chi connectivity index (χ3v) is 6.99. The van der Waals surface area contributed by atoms with Crippen LogP contribution in [0, 0.1) is 5.82 Å². The van der Waals surface area contributed by atoms with Gasteiger partial charge in [-0.1, -0.05) is 41.5 Å². The molecule has 33 heavy (non-hydrogen) atoms. The van der Waals surface area contributed by atoms with Crippen LogP contribution < -0.4 is 0 Å². The van der Waals surface area contributed by atoms with Crippen LogP contribution in [0.1, 0.15) is 48.4 Å². The average molecular weight is 451 g/mol. The van der Waals surface area contributed by atoms with Gasteiger partial charge in [-0.25, -0.2) is 4.39 Å². The van der Waals surface area contributed by atoms with Crippen molar-refractivity contribution in [2.45, 2.75) is 62.5 Å². The lowest BCUT2D eigenvalue weighted by molar-refractivity contribution is -0.165. The molecule has 0 aromatic heterocycles. The van der Waals surface area contributed by atoms with E-state index in [0.29, 0.717) is 6.54 Å². The van der Waals surface area contributed by atoms with Crippen LogP contribution >= 0.6 is 0 Å². The van der Waals surface area contributed by atoms with E-state index in [-0.39, 0.29) is 43.0 Å². The highest BCUT2D eigenvalue weighted by Crippen LogP contribution is 2.37. The smallest absolute Gasteiger partial charge is 0.252 e. The minimum atomic E-state index is -0.713. The summed E-state index contributed by atoms with van der Waals surface area (Å²) < 4.78 is 25.7. The first-order valence-corrected chi connectivity index (χ1v) is 11.6. The standard InChI is InChI=1S/C25H27FN4O3/c26-18-10-8-17(9-11-18)24-20-7-2-1-4-16(20)12-13-30(24)25(31)22-14-21(28-29-27)23(15-32-22)33-19-5-3-6-19/h1-2,4,7-11,19,21-24H,3,5-6,12-15H2/t21?,22-,23+,24+/m1/s1. The Hall–Kier alpha value is -2.93. The number of nitrogens with zero attached hydrogens (tertiary/aromatic N) is 4. The molecule has 2 heterocycles. The van der Waals surface area contributed by atoms with Gasteiger partial charge in [-0.15, -0.1) is 0 Å². The topological polar surface area (TPSA) is 87.5 Å². The lowest BCUT2D eigenvalue weighted by Crippen LogP contribution is -2.52. The summed E-state index contributed by atoms with van der Waals surface area (Å²) in [4.78, 5) is 18.5. The molecule has 5 rings (SSSR count). The molecule has 0 bridgehead atoms. The zero-order valence-electron chi connectivity index (χ0n) is 18.3. The van der Waals surface area contributed by atoms with E-state index < -0.39 is 12.1 Å². The van der Waals surface area contributed by atoms with Crippen LogP contribution in [0.4, 0.5) is 4.39 Å².